The van der Waals surface area contributed by atoms with Crippen LogP contribution in [0.2, 0.25) is 5.02 Å². The number of hydrogen-bond acceptors (Lipinski definition) is 2. The minimum absolute atomic E-state index is 0. The Labute approximate surface area is 114 Å². The van der Waals surface area contributed by atoms with Gasteiger partial charge in [-0.3, -0.25) is 0 Å². The second kappa shape index (κ2) is 6.60. The largest absolute Gasteiger partial charge is 0.381 e. The number of ether oxygens (including phenoxy) is 1. The van der Waals surface area contributed by atoms with Crippen molar-refractivity contribution in [3.8, 4) is 0 Å². The molecule has 2 N–H and O–H groups in total. The van der Waals surface area contributed by atoms with Crippen LogP contribution in [-0.2, 0) is 4.74 Å². The van der Waals surface area contributed by atoms with Gasteiger partial charge in [-0.25, -0.2) is 0 Å². The highest BCUT2D eigenvalue weighted by atomic mass is 35.5. The minimum Gasteiger partial charge on any atom is -0.381 e. The molecule has 0 bridgehead atoms. The number of hydrogen-bond donors (Lipinski definition) is 1. The van der Waals surface area contributed by atoms with Crippen molar-refractivity contribution in [2.45, 2.75) is 25.8 Å². The van der Waals surface area contributed by atoms with E-state index in [1.807, 2.05) is 12.1 Å². The van der Waals surface area contributed by atoms with Crippen molar-refractivity contribution >= 4 is 24.0 Å². The van der Waals surface area contributed by atoms with Gasteiger partial charge in [-0.2, -0.15) is 0 Å². The van der Waals surface area contributed by atoms with Gasteiger partial charge < -0.3 is 10.5 Å². The van der Waals surface area contributed by atoms with Crippen LogP contribution in [0.5, 0.6) is 0 Å². The molecule has 0 aromatic heterocycles. The van der Waals surface area contributed by atoms with Crippen LogP contribution in [0.4, 0.5) is 0 Å². The van der Waals surface area contributed by atoms with Gasteiger partial charge in [0.1, 0.15) is 0 Å². The summed E-state index contributed by atoms with van der Waals surface area (Å²) in [4.78, 5) is 0. The molecule has 0 radical (unpaired) electrons. The summed E-state index contributed by atoms with van der Waals surface area (Å²) in [6.07, 6.45) is 2.12. The van der Waals surface area contributed by atoms with Gasteiger partial charge in [-0.1, -0.05) is 17.7 Å². The second-order valence-corrected chi connectivity index (χ2v) is 4.91. The molecule has 0 saturated carbocycles. The van der Waals surface area contributed by atoms with Gasteiger partial charge in [0.25, 0.3) is 0 Å². The highest BCUT2D eigenvalue weighted by Gasteiger charge is 2.23. The lowest BCUT2D eigenvalue weighted by molar-refractivity contribution is 0.0583. The molecule has 2 rings (SSSR count). The quantitative estimate of drug-likeness (QED) is 0.897. The summed E-state index contributed by atoms with van der Waals surface area (Å²) in [5.74, 6) is 0.536. The summed E-state index contributed by atoms with van der Waals surface area (Å²) in [5, 5.41) is 0.778. The van der Waals surface area contributed by atoms with E-state index in [0.717, 1.165) is 31.1 Å². The molecule has 1 aromatic rings. The normalized spacial score (nSPS) is 18.5. The molecule has 1 atom stereocenters. The molecule has 1 heterocycles. The minimum atomic E-state index is 0. The van der Waals surface area contributed by atoms with Gasteiger partial charge >= 0.3 is 0 Å². The average Bonchev–Trinajstić information content (AvgIpc) is 2.29. The molecule has 0 unspecified atom stereocenters. The van der Waals surface area contributed by atoms with Crippen molar-refractivity contribution in [3.05, 3.63) is 34.3 Å². The summed E-state index contributed by atoms with van der Waals surface area (Å²) in [7, 11) is 0. The molecule has 1 aliphatic heterocycles. The smallest absolute Gasteiger partial charge is 0.0469 e. The van der Waals surface area contributed by atoms with E-state index in [9.17, 15) is 0 Å². The Kier molecular flexibility index (Phi) is 5.74. The van der Waals surface area contributed by atoms with Crippen LogP contribution < -0.4 is 5.73 Å². The van der Waals surface area contributed by atoms with Crippen LogP contribution >= 0.6 is 24.0 Å². The lowest BCUT2D eigenvalue weighted by Gasteiger charge is -2.28. The number of nitrogens with two attached hydrogens (primary N) is 1. The van der Waals surface area contributed by atoms with E-state index >= 15 is 0 Å². The molecule has 4 heteroatoms. The Morgan fingerprint density at radius 2 is 2.00 bits per heavy atom. The van der Waals surface area contributed by atoms with Gasteiger partial charge in [0.05, 0.1) is 0 Å². The predicted octanol–water partition coefficient (Wildman–Crippen LogP) is 3.50. The summed E-state index contributed by atoms with van der Waals surface area (Å²) >= 11 is 5.95. The number of aryl methyl sites for hydroxylation is 1. The van der Waals surface area contributed by atoms with E-state index in [1.165, 1.54) is 11.1 Å². The molecule has 1 saturated heterocycles. The fourth-order valence-corrected chi connectivity index (χ4v) is 2.57. The Hall–Kier alpha value is -0.280. The van der Waals surface area contributed by atoms with E-state index in [0.29, 0.717) is 5.92 Å². The van der Waals surface area contributed by atoms with Crippen molar-refractivity contribution in [2.75, 3.05) is 13.2 Å². The zero-order chi connectivity index (χ0) is 11.5. The average molecular weight is 276 g/mol. The first-order valence-electron chi connectivity index (χ1n) is 5.78. The third-order valence-corrected chi connectivity index (χ3v) is 3.60. The monoisotopic (exact) mass is 275 g/mol. The Bertz CT molecular complexity index is 364. The van der Waals surface area contributed by atoms with E-state index < -0.39 is 0 Å². The van der Waals surface area contributed by atoms with Gasteiger partial charge in [-0.15, -0.1) is 12.4 Å². The molecule has 1 aromatic carbocycles. The lowest BCUT2D eigenvalue weighted by Crippen LogP contribution is -2.27. The summed E-state index contributed by atoms with van der Waals surface area (Å²) < 4.78 is 5.36. The topological polar surface area (TPSA) is 35.2 Å². The first kappa shape index (κ1) is 14.8. The molecule has 1 fully saturated rings. The SMILES string of the molecule is Cc1cc(Cl)ccc1[C@H](N)C1CCOCC1.Cl. The fourth-order valence-electron chi connectivity index (χ4n) is 2.34. The van der Waals surface area contributed by atoms with Crippen molar-refractivity contribution in [3.63, 3.8) is 0 Å². The summed E-state index contributed by atoms with van der Waals surface area (Å²) in [6, 6.07) is 6.07. The van der Waals surface area contributed by atoms with Crippen LogP contribution in [0.15, 0.2) is 18.2 Å². The van der Waals surface area contributed by atoms with Crippen LogP contribution in [-0.4, -0.2) is 13.2 Å². The molecule has 0 amide bonds. The van der Waals surface area contributed by atoms with E-state index in [-0.39, 0.29) is 18.4 Å². The molecular formula is C13H19Cl2NO. The van der Waals surface area contributed by atoms with Crippen LogP contribution in [0.25, 0.3) is 0 Å². The number of rotatable bonds is 2. The Morgan fingerprint density at radius 3 is 2.59 bits per heavy atom. The maximum Gasteiger partial charge on any atom is 0.0469 e. The highest BCUT2D eigenvalue weighted by Crippen LogP contribution is 2.30. The van der Waals surface area contributed by atoms with Crippen molar-refractivity contribution in [1.29, 1.82) is 0 Å². The Morgan fingerprint density at radius 1 is 1.35 bits per heavy atom. The third-order valence-electron chi connectivity index (χ3n) is 3.36. The number of halogens is 2. The Balaban J connectivity index is 0.00000144. The van der Waals surface area contributed by atoms with E-state index in [1.54, 1.807) is 0 Å². The van der Waals surface area contributed by atoms with Crippen LogP contribution in [0, 0.1) is 12.8 Å². The maximum atomic E-state index is 6.32. The molecule has 0 spiro atoms. The van der Waals surface area contributed by atoms with E-state index in [4.69, 9.17) is 22.1 Å². The molecule has 96 valence electrons. The first-order chi connectivity index (χ1) is 7.68. The van der Waals surface area contributed by atoms with Crippen LogP contribution in [0.3, 0.4) is 0 Å². The third kappa shape index (κ3) is 3.59. The van der Waals surface area contributed by atoms with E-state index in [2.05, 4.69) is 13.0 Å². The van der Waals surface area contributed by atoms with Crippen molar-refractivity contribution in [1.82, 2.24) is 0 Å². The van der Waals surface area contributed by atoms with Gasteiger partial charge in [-0.05, 0) is 48.9 Å². The second-order valence-electron chi connectivity index (χ2n) is 4.48. The predicted molar refractivity (Wildman–Crippen MR) is 73.9 cm³/mol. The maximum absolute atomic E-state index is 6.32. The van der Waals surface area contributed by atoms with Crippen LogP contribution in [0.1, 0.15) is 30.0 Å². The summed E-state index contributed by atoms with van der Waals surface area (Å²) in [5.41, 5.74) is 8.73. The van der Waals surface area contributed by atoms with Gasteiger partial charge in [0, 0.05) is 24.3 Å². The zero-order valence-corrected chi connectivity index (χ0v) is 11.6. The first-order valence-corrected chi connectivity index (χ1v) is 6.15. The standard InChI is InChI=1S/C13H18ClNO.ClH/c1-9-8-11(14)2-3-12(9)13(15)10-4-6-16-7-5-10;/h2-3,8,10,13H,4-7,15H2,1H3;1H/t13-;/m1./s1. The molecule has 0 aliphatic carbocycles. The van der Waals surface area contributed by atoms with Gasteiger partial charge in [0.15, 0.2) is 0 Å². The number of benzene rings is 1. The molecule has 2 nitrogen and oxygen atoms in total. The zero-order valence-electron chi connectivity index (χ0n) is 9.99. The van der Waals surface area contributed by atoms with Crippen molar-refractivity contribution < 1.29 is 4.74 Å². The lowest BCUT2D eigenvalue weighted by atomic mass is 9.86. The van der Waals surface area contributed by atoms with Crippen molar-refractivity contribution in [2.24, 2.45) is 11.7 Å². The van der Waals surface area contributed by atoms with Gasteiger partial charge in [0.2, 0.25) is 0 Å². The molecular weight excluding hydrogens is 257 g/mol. The molecule has 17 heavy (non-hydrogen) atoms. The highest BCUT2D eigenvalue weighted by molar-refractivity contribution is 6.30. The molecule has 1 aliphatic rings. The summed E-state index contributed by atoms with van der Waals surface area (Å²) in [6.45, 7) is 3.75. The fraction of sp³-hybridized carbons (Fsp3) is 0.538.